The summed E-state index contributed by atoms with van der Waals surface area (Å²) in [5.74, 6) is 0.826. The van der Waals surface area contributed by atoms with Gasteiger partial charge in [-0.15, -0.1) is 0 Å². The molecule has 0 aromatic carbocycles. The third kappa shape index (κ3) is 47.5. The largest absolute Gasteiger partial charge is 0.462 e. The summed E-state index contributed by atoms with van der Waals surface area (Å²) in [6.45, 7) is 11.4. The second kappa shape index (κ2) is 46.9. The smallest absolute Gasteiger partial charge is 0.306 e. The van der Waals surface area contributed by atoms with Crippen LogP contribution in [0.1, 0.15) is 298 Å². The fourth-order valence-electron chi connectivity index (χ4n) is 8.17. The molecule has 0 saturated carbocycles. The first-order valence-electron chi connectivity index (χ1n) is 26.7. The third-order valence-corrected chi connectivity index (χ3v) is 12.2. The molecule has 0 aliphatic carbocycles. The van der Waals surface area contributed by atoms with E-state index < -0.39 is 6.10 Å². The van der Waals surface area contributed by atoms with Crippen molar-refractivity contribution < 1.29 is 28.6 Å². The Morgan fingerprint density at radius 1 is 0.317 bits per heavy atom. The summed E-state index contributed by atoms with van der Waals surface area (Å²) in [5.41, 5.74) is 0. The maximum atomic E-state index is 12.8. The van der Waals surface area contributed by atoms with Gasteiger partial charge in [-0.3, -0.25) is 14.4 Å². The molecule has 356 valence electrons. The lowest BCUT2D eigenvalue weighted by Crippen LogP contribution is -2.30. The van der Waals surface area contributed by atoms with Gasteiger partial charge in [-0.1, -0.05) is 259 Å². The molecular weight excluding hydrogens is 745 g/mol. The van der Waals surface area contributed by atoms with E-state index in [2.05, 4.69) is 34.6 Å². The van der Waals surface area contributed by atoms with Crippen LogP contribution in [0.5, 0.6) is 0 Å². The average molecular weight is 849 g/mol. The number of carbonyl (C=O) groups excluding carboxylic acids is 3. The van der Waals surface area contributed by atoms with Gasteiger partial charge in [0.25, 0.3) is 0 Å². The Balaban J connectivity index is 4.27. The molecule has 0 bridgehead atoms. The van der Waals surface area contributed by atoms with Gasteiger partial charge in [0.15, 0.2) is 6.10 Å². The van der Waals surface area contributed by atoms with Crippen LogP contribution in [-0.2, 0) is 28.6 Å². The van der Waals surface area contributed by atoms with E-state index >= 15 is 0 Å². The molecule has 0 fully saturated rings. The van der Waals surface area contributed by atoms with Gasteiger partial charge in [0.05, 0.1) is 0 Å². The summed E-state index contributed by atoms with van der Waals surface area (Å²) in [6, 6.07) is 0. The van der Waals surface area contributed by atoms with Crippen LogP contribution >= 0.6 is 0 Å². The molecule has 60 heavy (non-hydrogen) atoms. The average Bonchev–Trinajstić information content (AvgIpc) is 3.22. The zero-order valence-electron chi connectivity index (χ0n) is 41.1. The van der Waals surface area contributed by atoms with Crippen LogP contribution in [0.4, 0.5) is 0 Å². The Labute approximate surface area is 374 Å². The van der Waals surface area contributed by atoms with E-state index in [-0.39, 0.29) is 31.1 Å². The van der Waals surface area contributed by atoms with Gasteiger partial charge >= 0.3 is 17.9 Å². The summed E-state index contributed by atoms with van der Waals surface area (Å²) < 4.78 is 16.8. The van der Waals surface area contributed by atoms with E-state index in [1.807, 2.05) is 0 Å². The number of esters is 3. The van der Waals surface area contributed by atoms with Crippen molar-refractivity contribution in [2.75, 3.05) is 13.2 Å². The normalized spacial score (nSPS) is 12.1. The van der Waals surface area contributed by atoms with Crippen LogP contribution in [0, 0.1) is 11.8 Å². The van der Waals surface area contributed by atoms with E-state index in [0.717, 1.165) is 69.6 Å². The predicted molar refractivity (Wildman–Crippen MR) is 256 cm³/mol. The molecule has 1 atom stereocenters. The van der Waals surface area contributed by atoms with Gasteiger partial charge in [-0.05, 0) is 31.1 Å². The van der Waals surface area contributed by atoms with Gasteiger partial charge in [0.1, 0.15) is 13.2 Å². The second-order valence-corrected chi connectivity index (χ2v) is 19.5. The Morgan fingerprint density at radius 2 is 0.550 bits per heavy atom. The van der Waals surface area contributed by atoms with Crippen LogP contribution in [0.3, 0.4) is 0 Å². The summed E-state index contributed by atoms with van der Waals surface area (Å²) in [7, 11) is 0. The fourth-order valence-corrected chi connectivity index (χ4v) is 8.17. The SMILES string of the molecule is CCCCCCCCCCCCCC(=O)O[C@H](COC(=O)CCCCCCCCCCCCCCCCC(C)C)COC(=O)CCCCCCCCCCCCCC(C)C. The summed E-state index contributed by atoms with van der Waals surface area (Å²) in [4.78, 5) is 38.0. The summed E-state index contributed by atoms with van der Waals surface area (Å²) in [5, 5.41) is 0. The van der Waals surface area contributed by atoms with E-state index in [1.54, 1.807) is 0 Å². The number of hydrogen-bond acceptors (Lipinski definition) is 6. The first kappa shape index (κ1) is 58.4. The van der Waals surface area contributed by atoms with Crippen molar-refractivity contribution >= 4 is 17.9 Å². The van der Waals surface area contributed by atoms with Crippen molar-refractivity contribution in [1.29, 1.82) is 0 Å². The first-order valence-corrected chi connectivity index (χ1v) is 26.7. The molecule has 0 aromatic heterocycles. The lowest BCUT2D eigenvalue weighted by atomic mass is 10.0. The standard InChI is InChI=1S/C54H104O6/c1-6-7-8-9-10-11-17-26-31-36-41-46-54(57)60-51(48-59-53(56)45-40-35-30-25-21-16-19-23-28-33-38-43-50(4)5)47-58-52(55)44-39-34-29-24-20-15-13-12-14-18-22-27-32-37-42-49(2)3/h49-51H,6-48H2,1-5H3/t51-/m1/s1. The zero-order valence-corrected chi connectivity index (χ0v) is 41.1. The monoisotopic (exact) mass is 849 g/mol. The Kier molecular flexibility index (Phi) is 45.7. The maximum Gasteiger partial charge on any atom is 0.306 e. The molecule has 0 aliphatic heterocycles. The van der Waals surface area contributed by atoms with Gasteiger partial charge in [-0.2, -0.15) is 0 Å². The third-order valence-electron chi connectivity index (χ3n) is 12.2. The highest BCUT2D eigenvalue weighted by Gasteiger charge is 2.19. The van der Waals surface area contributed by atoms with Crippen molar-refractivity contribution in [3.05, 3.63) is 0 Å². The molecular formula is C54H104O6. The molecule has 0 rings (SSSR count). The Hall–Kier alpha value is -1.59. The van der Waals surface area contributed by atoms with Crippen LogP contribution in [0.25, 0.3) is 0 Å². The number of rotatable bonds is 48. The minimum absolute atomic E-state index is 0.0633. The highest BCUT2D eigenvalue weighted by molar-refractivity contribution is 5.71. The lowest BCUT2D eigenvalue weighted by molar-refractivity contribution is -0.167. The van der Waals surface area contributed by atoms with Crippen molar-refractivity contribution in [2.45, 2.75) is 304 Å². The number of carbonyl (C=O) groups is 3. The van der Waals surface area contributed by atoms with Gasteiger partial charge in [0, 0.05) is 19.3 Å². The Bertz CT molecular complexity index is 916. The molecule has 6 nitrogen and oxygen atoms in total. The highest BCUT2D eigenvalue weighted by Crippen LogP contribution is 2.17. The van der Waals surface area contributed by atoms with Crippen LogP contribution in [-0.4, -0.2) is 37.2 Å². The van der Waals surface area contributed by atoms with E-state index in [4.69, 9.17) is 14.2 Å². The molecule has 0 heterocycles. The van der Waals surface area contributed by atoms with Crippen LogP contribution < -0.4 is 0 Å². The summed E-state index contributed by atoms with van der Waals surface area (Å²) >= 11 is 0. The molecule has 0 spiro atoms. The Morgan fingerprint density at radius 3 is 0.817 bits per heavy atom. The van der Waals surface area contributed by atoms with Crippen molar-refractivity contribution in [3.63, 3.8) is 0 Å². The molecule has 6 heteroatoms. The highest BCUT2D eigenvalue weighted by atomic mass is 16.6. The zero-order chi connectivity index (χ0) is 44.0. The van der Waals surface area contributed by atoms with E-state index in [1.165, 1.54) is 186 Å². The fraction of sp³-hybridized carbons (Fsp3) is 0.944. The van der Waals surface area contributed by atoms with Crippen LogP contribution in [0.15, 0.2) is 0 Å². The second-order valence-electron chi connectivity index (χ2n) is 19.5. The number of unbranched alkanes of at least 4 members (excludes halogenated alkanes) is 33. The molecule has 0 amide bonds. The number of hydrogen-bond donors (Lipinski definition) is 0. The minimum atomic E-state index is -0.761. The van der Waals surface area contributed by atoms with Gasteiger partial charge < -0.3 is 14.2 Å². The van der Waals surface area contributed by atoms with Gasteiger partial charge in [0.2, 0.25) is 0 Å². The molecule has 0 aromatic rings. The summed E-state index contributed by atoms with van der Waals surface area (Å²) in [6.07, 6.45) is 48.0. The molecule has 0 unspecified atom stereocenters. The minimum Gasteiger partial charge on any atom is -0.462 e. The molecule has 0 radical (unpaired) electrons. The lowest BCUT2D eigenvalue weighted by Gasteiger charge is -2.18. The molecule has 0 saturated heterocycles. The number of ether oxygens (including phenoxy) is 3. The topological polar surface area (TPSA) is 78.9 Å². The molecule has 0 aliphatic rings. The van der Waals surface area contributed by atoms with Crippen molar-refractivity contribution in [3.8, 4) is 0 Å². The molecule has 0 N–H and O–H groups in total. The van der Waals surface area contributed by atoms with E-state index in [9.17, 15) is 14.4 Å². The quantitative estimate of drug-likeness (QED) is 0.0345. The van der Waals surface area contributed by atoms with Crippen molar-refractivity contribution in [1.82, 2.24) is 0 Å². The maximum absolute atomic E-state index is 12.8. The van der Waals surface area contributed by atoms with Gasteiger partial charge in [-0.25, -0.2) is 0 Å². The van der Waals surface area contributed by atoms with Crippen LogP contribution in [0.2, 0.25) is 0 Å². The first-order chi connectivity index (χ1) is 29.2. The van der Waals surface area contributed by atoms with Crippen molar-refractivity contribution in [2.24, 2.45) is 11.8 Å². The predicted octanol–water partition coefficient (Wildman–Crippen LogP) is 17.3. The van der Waals surface area contributed by atoms with E-state index in [0.29, 0.717) is 19.3 Å².